The van der Waals surface area contributed by atoms with E-state index in [1.54, 1.807) is 12.4 Å². The smallest absolute Gasteiger partial charge is 0.319 e. The molecule has 0 bridgehead atoms. The van der Waals surface area contributed by atoms with Crippen LogP contribution in [0.25, 0.3) is 0 Å². The molecule has 3 rings (SSSR count). The number of rotatable bonds is 5. The van der Waals surface area contributed by atoms with Gasteiger partial charge in [-0.1, -0.05) is 0 Å². The summed E-state index contributed by atoms with van der Waals surface area (Å²) in [6.45, 7) is 8.41. The Bertz CT molecular complexity index is 643. The Labute approximate surface area is 167 Å². The van der Waals surface area contributed by atoms with Crippen LogP contribution in [0.3, 0.4) is 0 Å². The number of amides is 3. The third-order valence-electron chi connectivity index (χ3n) is 5.77. The fourth-order valence-electron chi connectivity index (χ4n) is 4.08. The normalized spacial score (nSPS) is 20.7. The number of nitrogens with one attached hydrogen (secondary N) is 1. The highest BCUT2D eigenvalue weighted by Crippen LogP contribution is 2.20. The average Bonchev–Trinajstić information content (AvgIpc) is 2.75. The minimum absolute atomic E-state index is 0.0101. The molecule has 154 valence electrons. The summed E-state index contributed by atoms with van der Waals surface area (Å²) < 4.78 is 0. The van der Waals surface area contributed by atoms with Crippen LogP contribution in [0, 0.1) is 5.92 Å². The molecule has 1 aromatic heterocycles. The summed E-state index contributed by atoms with van der Waals surface area (Å²) >= 11 is 0. The molecule has 0 saturated carbocycles. The van der Waals surface area contributed by atoms with Crippen molar-refractivity contribution in [2.24, 2.45) is 5.92 Å². The zero-order valence-electron chi connectivity index (χ0n) is 17.0. The Morgan fingerprint density at radius 2 is 1.79 bits per heavy atom. The van der Waals surface area contributed by atoms with E-state index in [4.69, 9.17) is 0 Å². The summed E-state index contributed by atoms with van der Waals surface area (Å²) in [4.78, 5) is 39.7. The first-order valence-corrected chi connectivity index (χ1v) is 10.5. The van der Waals surface area contributed by atoms with Crippen molar-refractivity contribution in [1.82, 2.24) is 25.1 Å². The van der Waals surface area contributed by atoms with E-state index in [-0.39, 0.29) is 23.9 Å². The quantitative estimate of drug-likeness (QED) is 0.831. The third kappa shape index (κ3) is 4.91. The molecule has 2 fully saturated rings. The minimum atomic E-state index is -0.0101. The first kappa shape index (κ1) is 20.4. The van der Waals surface area contributed by atoms with E-state index >= 15 is 0 Å². The van der Waals surface area contributed by atoms with E-state index in [9.17, 15) is 9.59 Å². The van der Waals surface area contributed by atoms with Crippen molar-refractivity contribution >= 4 is 17.9 Å². The number of piperidine rings is 2. The fourth-order valence-corrected chi connectivity index (χ4v) is 4.08. The number of aromatic nitrogens is 2. The summed E-state index contributed by atoms with van der Waals surface area (Å²) in [5.41, 5.74) is 0. The summed E-state index contributed by atoms with van der Waals surface area (Å²) in [7, 11) is 0. The lowest BCUT2D eigenvalue weighted by Crippen LogP contribution is -2.52. The van der Waals surface area contributed by atoms with Gasteiger partial charge in [-0.2, -0.15) is 0 Å². The topological polar surface area (TPSA) is 81.7 Å². The molecule has 8 nitrogen and oxygen atoms in total. The number of carbonyl (C=O) groups excluding carboxylic acids is 2. The van der Waals surface area contributed by atoms with Gasteiger partial charge >= 0.3 is 6.03 Å². The Hall–Kier alpha value is -2.38. The van der Waals surface area contributed by atoms with Crippen molar-refractivity contribution in [3.8, 4) is 0 Å². The number of hydrogen-bond acceptors (Lipinski definition) is 5. The zero-order valence-corrected chi connectivity index (χ0v) is 17.0. The van der Waals surface area contributed by atoms with Gasteiger partial charge in [-0.15, -0.1) is 0 Å². The Kier molecular flexibility index (Phi) is 7.06. The molecule has 1 unspecified atom stereocenters. The maximum atomic E-state index is 12.8. The van der Waals surface area contributed by atoms with Crippen LogP contribution >= 0.6 is 0 Å². The molecule has 28 heavy (non-hydrogen) atoms. The molecule has 8 heteroatoms. The number of hydrogen-bond donors (Lipinski definition) is 1. The minimum Gasteiger partial charge on any atom is -0.351 e. The molecule has 0 aliphatic carbocycles. The Balaban J connectivity index is 1.47. The van der Waals surface area contributed by atoms with E-state index in [0.29, 0.717) is 13.1 Å². The van der Waals surface area contributed by atoms with Gasteiger partial charge in [0.25, 0.3) is 0 Å². The van der Waals surface area contributed by atoms with Crippen LogP contribution in [-0.2, 0) is 4.79 Å². The van der Waals surface area contributed by atoms with Crippen LogP contribution in [0.15, 0.2) is 18.5 Å². The second-order valence-electron chi connectivity index (χ2n) is 7.56. The second kappa shape index (κ2) is 9.71. The van der Waals surface area contributed by atoms with E-state index in [2.05, 4.69) is 20.2 Å². The van der Waals surface area contributed by atoms with Gasteiger partial charge in [0.15, 0.2) is 0 Å². The largest absolute Gasteiger partial charge is 0.351 e. The van der Waals surface area contributed by atoms with E-state index in [1.165, 1.54) is 0 Å². The number of urea groups is 1. The molecular weight excluding hydrogens is 356 g/mol. The van der Waals surface area contributed by atoms with E-state index in [1.807, 2.05) is 29.7 Å². The lowest BCUT2D eigenvalue weighted by atomic mass is 9.95. The molecular formula is C20H32N6O2. The summed E-state index contributed by atoms with van der Waals surface area (Å²) in [6.07, 6.45) is 6.96. The SMILES string of the molecule is CCN(CC)C(=O)N1CCC(C(=O)NC2CCCN(c3ncccn3)C2)CC1. The van der Waals surface area contributed by atoms with Gasteiger partial charge in [0.2, 0.25) is 11.9 Å². The first-order chi connectivity index (χ1) is 13.6. The first-order valence-electron chi connectivity index (χ1n) is 10.5. The van der Waals surface area contributed by atoms with Gasteiger partial charge in [0.1, 0.15) is 0 Å². The van der Waals surface area contributed by atoms with Crippen LogP contribution in [-0.4, -0.2) is 77.0 Å². The second-order valence-corrected chi connectivity index (χ2v) is 7.56. The van der Waals surface area contributed by atoms with Crippen LogP contribution in [0.5, 0.6) is 0 Å². The summed E-state index contributed by atoms with van der Waals surface area (Å²) in [6, 6.07) is 2.03. The van der Waals surface area contributed by atoms with Gasteiger partial charge in [0.05, 0.1) is 0 Å². The highest BCUT2D eigenvalue weighted by Gasteiger charge is 2.31. The molecule has 3 heterocycles. The van der Waals surface area contributed by atoms with Gasteiger partial charge in [0, 0.05) is 63.6 Å². The predicted molar refractivity (Wildman–Crippen MR) is 108 cm³/mol. The highest BCUT2D eigenvalue weighted by molar-refractivity contribution is 5.80. The lowest BCUT2D eigenvalue weighted by Gasteiger charge is -2.36. The average molecular weight is 389 g/mol. The predicted octanol–water partition coefficient (Wildman–Crippen LogP) is 1.74. The standard InChI is InChI=1S/C20H32N6O2/c1-3-24(4-2)20(28)25-13-8-16(9-14-25)18(27)23-17-7-5-12-26(15-17)19-21-10-6-11-22-19/h6,10-11,16-17H,3-5,7-9,12-15H2,1-2H3,(H,23,27). The van der Waals surface area contributed by atoms with Crippen molar-refractivity contribution < 1.29 is 9.59 Å². The van der Waals surface area contributed by atoms with Crippen molar-refractivity contribution in [2.45, 2.75) is 45.6 Å². The van der Waals surface area contributed by atoms with Crippen LogP contribution in [0.2, 0.25) is 0 Å². The van der Waals surface area contributed by atoms with Gasteiger partial charge in [-0.3, -0.25) is 4.79 Å². The van der Waals surface area contributed by atoms with E-state index < -0.39 is 0 Å². The fraction of sp³-hybridized carbons (Fsp3) is 0.700. The van der Waals surface area contributed by atoms with Crippen molar-refractivity contribution in [1.29, 1.82) is 0 Å². The molecule has 0 aromatic carbocycles. The number of anilines is 1. The Morgan fingerprint density at radius 3 is 2.43 bits per heavy atom. The van der Waals surface area contributed by atoms with Gasteiger partial charge in [-0.25, -0.2) is 14.8 Å². The molecule has 1 atom stereocenters. The maximum absolute atomic E-state index is 12.8. The molecule has 2 aliphatic heterocycles. The van der Waals surface area contributed by atoms with Crippen LogP contribution in [0.4, 0.5) is 10.7 Å². The van der Waals surface area contributed by atoms with Gasteiger partial charge < -0.3 is 20.0 Å². The maximum Gasteiger partial charge on any atom is 0.319 e. The Morgan fingerprint density at radius 1 is 1.11 bits per heavy atom. The van der Waals surface area contributed by atoms with E-state index in [0.717, 1.165) is 57.8 Å². The number of carbonyl (C=O) groups is 2. The van der Waals surface area contributed by atoms with Crippen molar-refractivity contribution in [2.75, 3.05) is 44.2 Å². The molecule has 1 N–H and O–H groups in total. The zero-order chi connectivity index (χ0) is 19.9. The van der Waals surface area contributed by atoms with Crippen LogP contribution < -0.4 is 10.2 Å². The number of nitrogens with zero attached hydrogens (tertiary/aromatic N) is 5. The van der Waals surface area contributed by atoms with Gasteiger partial charge in [-0.05, 0) is 45.6 Å². The van der Waals surface area contributed by atoms with Crippen molar-refractivity contribution in [3.05, 3.63) is 18.5 Å². The highest BCUT2D eigenvalue weighted by atomic mass is 16.2. The third-order valence-corrected chi connectivity index (χ3v) is 5.77. The molecule has 2 aliphatic rings. The summed E-state index contributed by atoms with van der Waals surface area (Å²) in [5, 5.41) is 3.23. The van der Waals surface area contributed by atoms with Crippen LogP contribution in [0.1, 0.15) is 39.5 Å². The van der Waals surface area contributed by atoms with Crippen molar-refractivity contribution in [3.63, 3.8) is 0 Å². The molecule has 0 spiro atoms. The monoisotopic (exact) mass is 388 g/mol. The molecule has 1 aromatic rings. The number of likely N-dealkylation sites (tertiary alicyclic amines) is 1. The molecule has 3 amide bonds. The molecule has 0 radical (unpaired) electrons. The lowest BCUT2D eigenvalue weighted by molar-refractivity contribution is -0.127. The summed E-state index contributed by atoms with van der Waals surface area (Å²) in [5.74, 6) is 0.838. The molecule has 2 saturated heterocycles.